The molecule has 2 aliphatic rings. The molecule has 0 radical (unpaired) electrons. The molecule has 3 atom stereocenters. The molecule has 3 unspecified atom stereocenters. The fraction of sp³-hybridized carbons (Fsp3) is 0.588. The molecule has 3 nitrogen and oxygen atoms in total. The first-order valence-electron chi connectivity index (χ1n) is 7.65. The van der Waals surface area contributed by atoms with Gasteiger partial charge in [0, 0.05) is 25.4 Å². The number of amides is 1. The lowest BCUT2D eigenvalue weighted by Gasteiger charge is -2.18. The van der Waals surface area contributed by atoms with Gasteiger partial charge in [-0.1, -0.05) is 29.8 Å². The monoisotopic (exact) mass is 273 g/mol. The van der Waals surface area contributed by atoms with E-state index in [0.717, 1.165) is 32.4 Å². The third-order valence-corrected chi connectivity index (χ3v) is 4.88. The van der Waals surface area contributed by atoms with Crippen molar-refractivity contribution in [2.75, 3.05) is 13.1 Å². The Kier molecular flexibility index (Phi) is 3.79. The number of hydrogen-bond acceptors (Lipinski definition) is 2. The van der Waals surface area contributed by atoms with Crippen molar-refractivity contribution in [2.45, 2.75) is 38.7 Å². The second-order valence-electron chi connectivity index (χ2n) is 6.36. The summed E-state index contributed by atoms with van der Waals surface area (Å²) in [6.45, 7) is 3.70. The fourth-order valence-electron chi connectivity index (χ4n) is 3.72. The highest BCUT2D eigenvalue weighted by Gasteiger charge is 2.42. The number of aliphatic hydroxyl groups is 1. The number of carbonyl (C=O) groups is 1. The molecule has 1 aliphatic carbocycles. The number of rotatable bonds is 3. The van der Waals surface area contributed by atoms with Gasteiger partial charge in [0.05, 0.1) is 6.10 Å². The highest BCUT2D eigenvalue weighted by atomic mass is 16.3. The molecule has 1 amide bonds. The molecule has 1 saturated carbocycles. The van der Waals surface area contributed by atoms with Gasteiger partial charge in [0.25, 0.3) is 0 Å². The molecular weight excluding hydrogens is 250 g/mol. The minimum Gasteiger partial charge on any atom is -0.393 e. The molecule has 3 heteroatoms. The van der Waals surface area contributed by atoms with E-state index in [-0.39, 0.29) is 12.0 Å². The smallest absolute Gasteiger partial charge is 0.222 e. The van der Waals surface area contributed by atoms with Crippen LogP contribution in [0.25, 0.3) is 0 Å². The molecular formula is C17H23NO2. The number of nitrogens with zero attached hydrogens (tertiary/aromatic N) is 1. The zero-order chi connectivity index (χ0) is 14.1. The van der Waals surface area contributed by atoms with Gasteiger partial charge in [0.1, 0.15) is 0 Å². The largest absolute Gasteiger partial charge is 0.393 e. The Morgan fingerprint density at radius 2 is 2.20 bits per heavy atom. The summed E-state index contributed by atoms with van der Waals surface area (Å²) in [5.74, 6) is 1.11. The molecule has 1 aromatic rings. The third kappa shape index (κ3) is 2.73. The number of carbonyl (C=O) groups excluding carboxylic acids is 1. The van der Waals surface area contributed by atoms with Gasteiger partial charge in [0.15, 0.2) is 0 Å². The van der Waals surface area contributed by atoms with Gasteiger partial charge in [-0.3, -0.25) is 4.79 Å². The van der Waals surface area contributed by atoms with Gasteiger partial charge in [0.2, 0.25) is 5.91 Å². The number of fused-ring (bicyclic) bond motifs is 1. The summed E-state index contributed by atoms with van der Waals surface area (Å²) in [5, 5.41) is 9.90. The molecule has 20 heavy (non-hydrogen) atoms. The number of aliphatic hydroxyl groups excluding tert-OH is 1. The fourth-order valence-corrected chi connectivity index (χ4v) is 3.72. The molecule has 0 bridgehead atoms. The van der Waals surface area contributed by atoms with Crippen LogP contribution in [0.4, 0.5) is 0 Å². The van der Waals surface area contributed by atoms with E-state index in [9.17, 15) is 9.90 Å². The lowest BCUT2D eigenvalue weighted by molar-refractivity contribution is -0.130. The van der Waals surface area contributed by atoms with Gasteiger partial charge in [-0.05, 0) is 37.7 Å². The van der Waals surface area contributed by atoms with Crippen LogP contribution in [0.3, 0.4) is 0 Å². The zero-order valence-electron chi connectivity index (χ0n) is 12.1. The summed E-state index contributed by atoms with van der Waals surface area (Å²) in [4.78, 5) is 14.3. The Morgan fingerprint density at radius 3 is 2.95 bits per heavy atom. The first-order valence-corrected chi connectivity index (χ1v) is 7.65. The average Bonchev–Trinajstić information content (AvgIpc) is 2.99. The first kappa shape index (κ1) is 13.6. The summed E-state index contributed by atoms with van der Waals surface area (Å²) in [7, 11) is 0. The highest BCUT2D eigenvalue weighted by Crippen LogP contribution is 2.38. The first-order chi connectivity index (χ1) is 9.63. The van der Waals surface area contributed by atoms with Crippen LogP contribution in [-0.4, -0.2) is 35.1 Å². The van der Waals surface area contributed by atoms with E-state index in [2.05, 4.69) is 25.1 Å². The minimum atomic E-state index is -0.186. The van der Waals surface area contributed by atoms with Gasteiger partial charge in [-0.15, -0.1) is 0 Å². The molecule has 2 fully saturated rings. The molecule has 0 aromatic heterocycles. The molecule has 3 rings (SSSR count). The van der Waals surface area contributed by atoms with Crippen molar-refractivity contribution in [1.29, 1.82) is 0 Å². The van der Waals surface area contributed by atoms with Gasteiger partial charge >= 0.3 is 0 Å². The Balaban J connectivity index is 1.53. The van der Waals surface area contributed by atoms with E-state index < -0.39 is 0 Å². The normalized spacial score (nSPS) is 28.7. The van der Waals surface area contributed by atoms with Crippen molar-refractivity contribution in [1.82, 2.24) is 4.90 Å². The Morgan fingerprint density at radius 1 is 1.35 bits per heavy atom. The van der Waals surface area contributed by atoms with Crippen molar-refractivity contribution < 1.29 is 9.90 Å². The van der Waals surface area contributed by atoms with Crippen molar-refractivity contribution in [3.8, 4) is 0 Å². The summed E-state index contributed by atoms with van der Waals surface area (Å²) < 4.78 is 0. The van der Waals surface area contributed by atoms with Gasteiger partial charge < -0.3 is 10.0 Å². The maximum Gasteiger partial charge on any atom is 0.222 e. The summed E-state index contributed by atoms with van der Waals surface area (Å²) in [6, 6.07) is 8.36. The van der Waals surface area contributed by atoms with E-state index in [0.29, 0.717) is 18.3 Å². The summed E-state index contributed by atoms with van der Waals surface area (Å²) in [5.41, 5.74) is 2.48. The lowest BCUT2D eigenvalue weighted by atomic mass is 10.00. The van der Waals surface area contributed by atoms with Crippen LogP contribution in [-0.2, 0) is 11.2 Å². The van der Waals surface area contributed by atoms with Gasteiger partial charge in [-0.25, -0.2) is 0 Å². The molecule has 1 heterocycles. The second-order valence-corrected chi connectivity index (χ2v) is 6.36. The third-order valence-electron chi connectivity index (χ3n) is 4.88. The highest BCUT2D eigenvalue weighted by molar-refractivity contribution is 5.76. The Bertz CT molecular complexity index is 500. The second kappa shape index (κ2) is 5.57. The van der Waals surface area contributed by atoms with Crippen molar-refractivity contribution in [3.63, 3.8) is 0 Å². The average molecular weight is 273 g/mol. The van der Waals surface area contributed by atoms with E-state index in [1.807, 2.05) is 11.0 Å². The SMILES string of the molecule is Cc1cccc(CCC(=O)N2CC3CCC(O)C3C2)c1. The predicted octanol–water partition coefficient (Wildman–Crippen LogP) is 2.16. The van der Waals surface area contributed by atoms with Gasteiger partial charge in [-0.2, -0.15) is 0 Å². The van der Waals surface area contributed by atoms with Crippen LogP contribution in [0.15, 0.2) is 24.3 Å². The number of likely N-dealkylation sites (tertiary alicyclic amines) is 1. The molecule has 1 aromatic carbocycles. The molecule has 1 saturated heterocycles. The Hall–Kier alpha value is -1.35. The molecule has 1 aliphatic heterocycles. The van der Waals surface area contributed by atoms with Crippen molar-refractivity contribution >= 4 is 5.91 Å². The van der Waals surface area contributed by atoms with Crippen LogP contribution in [0.2, 0.25) is 0 Å². The molecule has 108 valence electrons. The maximum absolute atomic E-state index is 12.3. The van der Waals surface area contributed by atoms with Crippen LogP contribution in [0.1, 0.15) is 30.4 Å². The number of aryl methyl sites for hydroxylation is 2. The van der Waals surface area contributed by atoms with Crippen LogP contribution >= 0.6 is 0 Å². The van der Waals surface area contributed by atoms with E-state index >= 15 is 0 Å². The number of benzene rings is 1. The van der Waals surface area contributed by atoms with E-state index in [4.69, 9.17) is 0 Å². The molecule has 0 spiro atoms. The van der Waals surface area contributed by atoms with Crippen molar-refractivity contribution in [3.05, 3.63) is 35.4 Å². The summed E-state index contributed by atoms with van der Waals surface area (Å²) in [6.07, 6.45) is 3.21. The lowest BCUT2D eigenvalue weighted by Crippen LogP contribution is -2.31. The molecule has 1 N–H and O–H groups in total. The standard InChI is InChI=1S/C17H23NO2/c1-12-3-2-4-13(9-12)5-8-17(20)18-10-14-6-7-16(19)15(14)11-18/h2-4,9,14-16,19H,5-8,10-11H2,1H3. The maximum atomic E-state index is 12.3. The number of hydrogen-bond donors (Lipinski definition) is 1. The summed E-state index contributed by atoms with van der Waals surface area (Å²) >= 11 is 0. The Labute approximate surface area is 120 Å². The van der Waals surface area contributed by atoms with Crippen LogP contribution in [0.5, 0.6) is 0 Å². The predicted molar refractivity (Wildman–Crippen MR) is 78.3 cm³/mol. The zero-order valence-corrected chi connectivity index (χ0v) is 12.1. The minimum absolute atomic E-state index is 0.186. The van der Waals surface area contributed by atoms with Crippen LogP contribution in [0, 0.1) is 18.8 Å². The van der Waals surface area contributed by atoms with Crippen LogP contribution < -0.4 is 0 Å². The van der Waals surface area contributed by atoms with E-state index in [1.54, 1.807) is 0 Å². The topological polar surface area (TPSA) is 40.5 Å². The quantitative estimate of drug-likeness (QED) is 0.917. The van der Waals surface area contributed by atoms with E-state index in [1.165, 1.54) is 11.1 Å². The van der Waals surface area contributed by atoms with Crippen molar-refractivity contribution in [2.24, 2.45) is 11.8 Å².